The SMILES string of the molecule is CC(C(=O)O)N(C(=O)c1csc(-c2ccc(Cl)cc2)n1)C1CC1. The van der Waals surface area contributed by atoms with Crippen LogP contribution in [0.5, 0.6) is 0 Å². The van der Waals surface area contributed by atoms with E-state index in [0.29, 0.717) is 15.7 Å². The van der Waals surface area contributed by atoms with Crippen molar-refractivity contribution in [2.75, 3.05) is 0 Å². The molecule has 1 amide bonds. The second-order valence-corrected chi connectivity index (χ2v) is 6.80. The molecule has 3 rings (SSSR count). The minimum atomic E-state index is -1.00. The molecule has 1 saturated carbocycles. The van der Waals surface area contributed by atoms with Crippen LogP contribution in [-0.2, 0) is 4.79 Å². The van der Waals surface area contributed by atoms with Gasteiger partial charge >= 0.3 is 5.97 Å². The Morgan fingerprint density at radius 2 is 2.00 bits per heavy atom. The smallest absolute Gasteiger partial charge is 0.326 e. The second-order valence-electron chi connectivity index (χ2n) is 5.50. The van der Waals surface area contributed by atoms with Crippen molar-refractivity contribution in [2.24, 2.45) is 0 Å². The molecule has 0 bridgehead atoms. The molecule has 0 aliphatic heterocycles. The lowest BCUT2D eigenvalue weighted by Crippen LogP contribution is -2.44. The van der Waals surface area contributed by atoms with Gasteiger partial charge in [0.25, 0.3) is 5.91 Å². The molecule has 0 spiro atoms. The maximum atomic E-state index is 12.7. The summed E-state index contributed by atoms with van der Waals surface area (Å²) in [4.78, 5) is 29.7. The topological polar surface area (TPSA) is 70.5 Å². The van der Waals surface area contributed by atoms with Crippen LogP contribution in [0.4, 0.5) is 0 Å². The fraction of sp³-hybridized carbons (Fsp3) is 0.312. The molecule has 2 aromatic rings. The number of nitrogens with zero attached hydrogens (tertiary/aromatic N) is 2. The van der Waals surface area contributed by atoms with Gasteiger partial charge in [-0.15, -0.1) is 11.3 Å². The number of hydrogen-bond acceptors (Lipinski definition) is 4. The van der Waals surface area contributed by atoms with Crippen LogP contribution in [0.2, 0.25) is 5.02 Å². The fourth-order valence-electron chi connectivity index (χ4n) is 2.36. The van der Waals surface area contributed by atoms with E-state index in [0.717, 1.165) is 18.4 Å². The maximum Gasteiger partial charge on any atom is 0.326 e. The number of carboxylic acid groups (broad SMARTS) is 1. The van der Waals surface area contributed by atoms with Gasteiger partial charge in [0.2, 0.25) is 0 Å². The normalized spacial score (nSPS) is 15.2. The summed E-state index contributed by atoms with van der Waals surface area (Å²) in [6.07, 6.45) is 1.69. The summed E-state index contributed by atoms with van der Waals surface area (Å²) in [6.45, 7) is 1.53. The van der Waals surface area contributed by atoms with Crippen molar-refractivity contribution in [1.29, 1.82) is 0 Å². The maximum absolute atomic E-state index is 12.7. The molecular weight excluding hydrogens is 336 g/mol. The monoisotopic (exact) mass is 350 g/mol. The first-order valence-electron chi connectivity index (χ1n) is 7.24. The van der Waals surface area contributed by atoms with E-state index < -0.39 is 12.0 Å². The van der Waals surface area contributed by atoms with Gasteiger partial charge in [0.05, 0.1) is 0 Å². The largest absolute Gasteiger partial charge is 0.480 e. The molecule has 1 aromatic heterocycles. The van der Waals surface area contributed by atoms with Gasteiger partial charge < -0.3 is 10.0 Å². The molecule has 0 radical (unpaired) electrons. The van der Waals surface area contributed by atoms with Gasteiger partial charge in [-0.2, -0.15) is 0 Å². The van der Waals surface area contributed by atoms with E-state index in [1.807, 2.05) is 12.1 Å². The third-order valence-corrected chi connectivity index (χ3v) is 4.91. The molecule has 1 heterocycles. The standard InChI is InChI=1S/C16H15ClN2O3S/c1-9(16(21)22)19(12-6-7-12)15(20)13-8-23-14(18-13)10-2-4-11(17)5-3-10/h2-5,8-9,12H,6-7H2,1H3,(H,21,22). The zero-order valence-corrected chi connectivity index (χ0v) is 14.0. The van der Waals surface area contributed by atoms with Gasteiger partial charge in [0.15, 0.2) is 0 Å². The quantitative estimate of drug-likeness (QED) is 0.895. The first-order valence-corrected chi connectivity index (χ1v) is 8.50. The van der Waals surface area contributed by atoms with Crippen molar-refractivity contribution in [1.82, 2.24) is 9.88 Å². The highest BCUT2D eigenvalue weighted by atomic mass is 35.5. The van der Waals surface area contributed by atoms with Crippen molar-refractivity contribution >= 4 is 34.8 Å². The average molecular weight is 351 g/mol. The Morgan fingerprint density at radius 3 is 2.57 bits per heavy atom. The van der Waals surface area contributed by atoms with E-state index in [1.54, 1.807) is 17.5 Å². The number of halogens is 1. The van der Waals surface area contributed by atoms with Crippen molar-refractivity contribution in [3.63, 3.8) is 0 Å². The Morgan fingerprint density at radius 1 is 1.35 bits per heavy atom. The number of hydrogen-bond donors (Lipinski definition) is 1. The van der Waals surface area contributed by atoms with Crippen LogP contribution in [0, 0.1) is 0 Å². The van der Waals surface area contributed by atoms with Crippen LogP contribution >= 0.6 is 22.9 Å². The van der Waals surface area contributed by atoms with E-state index in [2.05, 4.69) is 4.98 Å². The van der Waals surface area contributed by atoms with Gasteiger partial charge in [0, 0.05) is 22.0 Å². The summed E-state index contributed by atoms with van der Waals surface area (Å²) in [6, 6.07) is 6.37. The first kappa shape index (κ1) is 16.0. The van der Waals surface area contributed by atoms with Crippen molar-refractivity contribution in [3.05, 3.63) is 40.4 Å². The summed E-state index contributed by atoms with van der Waals surface area (Å²) in [7, 11) is 0. The van der Waals surface area contributed by atoms with E-state index >= 15 is 0 Å². The van der Waals surface area contributed by atoms with Crippen LogP contribution in [0.1, 0.15) is 30.3 Å². The van der Waals surface area contributed by atoms with Gasteiger partial charge in [-0.3, -0.25) is 4.79 Å². The van der Waals surface area contributed by atoms with Crippen molar-refractivity contribution in [3.8, 4) is 10.6 Å². The predicted molar refractivity (Wildman–Crippen MR) is 88.8 cm³/mol. The molecule has 1 unspecified atom stereocenters. The van der Waals surface area contributed by atoms with Crippen molar-refractivity contribution < 1.29 is 14.7 Å². The minimum absolute atomic E-state index is 0.00859. The zero-order chi connectivity index (χ0) is 16.6. The molecule has 1 atom stereocenters. The molecule has 1 N–H and O–H groups in total. The highest BCUT2D eigenvalue weighted by molar-refractivity contribution is 7.13. The van der Waals surface area contributed by atoms with Gasteiger partial charge in [-0.1, -0.05) is 23.7 Å². The number of thiazole rings is 1. The van der Waals surface area contributed by atoms with Gasteiger partial charge in [-0.25, -0.2) is 9.78 Å². The number of carbonyl (C=O) groups excluding carboxylic acids is 1. The second kappa shape index (κ2) is 6.29. The van der Waals surface area contributed by atoms with Crippen LogP contribution in [-0.4, -0.2) is 39.0 Å². The Balaban J connectivity index is 1.85. The molecule has 23 heavy (non-hydrogen) atoms. The van der Waals surface area contributed by atoms with Crippen LogP contribution in [0.15, 0.2) is 29.6 Å². The number of aliphatic carboxylic acids is 1. The molecule has 120 valence electrons. The summed E-state index contributed by atoms with van der Waals surface area (Å²) >= 11 is 7.23. The fourth-order valence-corrected chi connectivity index (χ4v) is 3.28. The number of carboxylic acids is 1. The lowest BCUT2D eigenvalue weighted by molar-refractivity contribution is -0.141. The van der Waals surface area contributed by atoms with Crippen LogP contribution < -0.4 is 0 Å². The molecule has 1 aliphatic rings. The van der Waals surface area contributed by atoms with E-state index in [1.165, 1.54) is 23.2 Å². The van der Waals surface area contributed by atoms with E-state index in [-0.39, 0.29) is 11.9 Å². The molecule has 5 nitrogen and oxygen atoms in total. The van der Waals surface area contributed by atoms with Crippen LogP contribution in [0.3, 0.4) is 0 Å². The number of amides is 1. The third-order valence-electron chi connectivity index (χ3n) is 3.76. The van der Waals surface area contributed by atoms with Crippen molar-refractivity contribution in [2.45, 2.75) is 31.8 Å². The minimum Gasteiger partial charge on any atom is -0.480 e. The molecule has 1 aliphatic carbocycles. The Bertz CT molecular complexity index is 740. The summed E-state index contributed by atoms with van der Waals surface area (Å²) in [5.41, 5.74) is 1.17. The molecule has 1 fully saturated rings. The van der Waals surface area contributed by atoms with Gasteiger partial charge in [0.1, 0.15) is 16.7 Å². The summed E-state index contributed by atoms with van der Waals surface area (Å²) < 4.78 is 0. The summed E-state index contributed by atoms with van der Waals surface area (Å²) in [5, 5.41) is 12.2. The average Bonchev–Trinajstić information content (AvgIpc) is 3.23. The lowest BCUT2D eigenvalue weighted by atomic mass is 10.2. The lowest BCUT2D eigenvalue weighted by Gasteiger charge is -2.25. The number of aromatic nitrogens is 1. The third kappa shape index (κ3) is 3.38. The Hall–Kier alpha value is -1.92. The molecule has 1 aromatic carbocycles. The number of benzene rings is 1. The highest BCUT2D eigenvalue weighted by Gasteiger charge is 2.39. The summed E-state index contributed by atoms with van der Waals surface area (Å²) in [5.74, 6) is -1.32. The zero-order valence-electron chi connectivity index (χ0n) is 12.4. The molecular formula is C16H15ClN2O3S. The van der Waals surface area contributed by atoms with E-state index in [9.17, 15) is 14.7 Å². The number of carbonyl (C=O) groups is 2. The molecule has 7 heteroatoms. The highest BCUT2D eigenvalue weighted by Crippen LogP contribution is 2.31. The number of rotatable bonds is 5. The predicted octanol–water partition coefficient (Wildman–Crippen LogP) is 3.54. The molecule has 0 saturated heterocycles. The van der Waals surface area contributed by atoms with E-state index in [4.69, 9.17) is 11.6 Å². The Labute approximate surface area is 142 Å². The first-order chi connectivity index (χ1) is 11.0. The Kier molecular flexibility index (Phi) is 4.37. The van der Waals surface area contributed by atoms with Crippen LogP contribution in [0.25, 0.3) is 10.6 Å². The van der Waals surface area contributed by atoms with Gasteiger partial charge in [-0.05, 0) is 31.9 Å².